The van der Waals surface area contributed by atoms with Gasteiger partial charge in [0, 0.05) is 135 Å². The number of nitrogens with zero attached hydrogens (tertiary/aromatic N) is 8. The van der Waals surface area contributed by atoms with Crippen molar-refractivity contribution in [1.82, 2.24) is 55.1 Å². The van der Waals surface area contributed by atoms with Crippen LogP contribution in [0.4, 0.5) is 5.69 Å². The quantitative estimate of drug-likeness (QED) is 0.114. The first kappa shape index (κ1) is 114. The average molecular weight is 1890 g/mol. The van der Waals surface area contributed by atoms with E-state index in [1.807, 2.05) is 131 Å². The molecule has 0 radical (unpaired) electrons. The highest BCUT2D eigenvalue weighted by molar-refractivity contribution is 7.18. The van der Waals surface area contributed by atoms with Crippen molar-refractivity contribution >= 4 is 76.8 Å². The van der Waals surface area contributed by atoms with Crippen LogP contribution >= 0.6 is 11.3 Å². The maximum absolute atomic E-state index is 11.2. The van der Waals surface area contributed by atoms with Crippen LogP contribution in [0, 0.1) is 5.41 Å². The Balaban J connectivity index is 0.000000207. The maximum atomic E-state index is 11.2. The largest absolute Gasteiger partial charge is 0.440 e. The smallest absolute Gasteiger partial charge is 0.251 e. The molecule has 10 aromatic heterocycles. The van der Waals surface area contributed by atoms with Gasteiger partial charge in [-0.2, -0.15) is 5.10 Å². The fraction of sp³-hybridized carbons (Fsp3) is 0.395. The fourth-order valence-corrected chi connectivity index (χ4v) is 14.9. The first-order valence-corrected chi connectivity index (χ1v) is 49.7. The Labute approximate surface area is 838 Å². The molecule has 15 heteroatoms. The van der Waals surface area contributed by atoms with E-state index in [-0.39, 0.29) is 65.1 Å². The molecule has 17 aromatic rings. The fourth-order valence-electron chi connectivity index (χ4n) is 13.9. The van der Waals surface area contributed by atoms with Gasteiger partial charge in [0.15, 0.2) is 5.58 Å². The monoisotopic (exact) mass is 1890 g/mol. The van der Waals surface area contributed by atoms with E-state index in [9.17, 15) is 4.79 Å². The minimum Gasteiger partial charge on any atom is -0.440 e. The normalized spacial score (nSPS) is 12.2. The summed E-state index contributed by atoms with van der Waals surface area (Å²) in [4.78, 5) is 50.7. The van der Waals surface area contributed by atoms with E-state index < -0.39 is 0 Å². The van der Waals surface area contributed by atoms with Gasteiger partial charge >= 0.3 is 0 Å². The van der Waals surface area contributed by atoms with Crippen molar-refractivity contribution in [2.24, 2.45) is 10.4 Å². The van der Waals surface area contributed by atoms with Crippen molar-refractivity contribution in [2.75, 3.05) is 0 Å². The van der Waals surface area contributed by atoms with Gasteiger partial charge in [-0.1, -0.05) is 401 Å². The van der Waals surface area contributed by atoms with Crippen LogP contribution in [0.5, 0.6) is 0 Å². The number of aliphatic imine (C=N–C) groups is 1. The second kappa shape index (κ2) is 49.0. The highest BCUT2D eigenvalue weighted by Gasteiger charge is 2.27. The number of rotatable bonds is 0. The van der Waals surface area contributed by atoms with E-state index in [2.05, 4.69) is 465 Å². The summed E-state index contributed by atoms with van der Waals surface area (Å²) in [5, 5.41) is 12.0. The molecular formula is C124H164N12O2S. The molecule has 0 atom stereocenters. The Bertz CT molecular complexity index is 6140. The van der Waals surface area contributed by atoms with Crippen molar-refractivity contribution in [3.63, 3.8) is 0 Å². The van der Waals surface area contributed by atoms with E-state index in [4.69, 9.17) is 4.42 Å². The summed E-state index contributed by atoms with van der Waals surface area (Å²) in [7, 11) is 0. The van der Waals surface area contributed by atoms with Crippen LogP contribution in [0.3, 0.4) is 0 Å². The van der Waals surface area contributed by atoms with E-state index in [0.29, 0.717) is 5.41 Å². The average Bonchev–Trinajstić information content (AvgIpc) is 1.68. The number of hydrogen-bond donors (Lipinski definition) is 4. The third-order valence-corrected chi connectivity index (χ3v) is 24.1. The van der Waals surface area contributed by atoms with Crippen molar-refractivity contribution < 1.29 is 4.42 Å². The lowest BCUT2D eigenvalue weighted by Crippen LogP contribution is -2.23. The van der Waals surface area contributed by atoms with Gasteiger partial charge in [-0.3, -0.25) is 34.8 Å². The number of aromatic nitrogens is 11. The molecule has 0 spiro atoms. The summed E-state index contributed by atoms with van der Waals surface area (Å²) in [6.07, 6.45) is 19.7. The van der Waals surface area contributed by atoms with E-state index in [1.165, 1.54) is 81.7 Å². The minimum atomic E-state index is -0.0607. The number of oxazole rings is 1. The van der Waals surface area contributed by atoms with Crippen molar-refractivity contribution in [1.29, 1.82) is 0 Å². The number of benzene rings is 7. The first-order valence-electron chi connectivity index (χ1n) is 48.8. The van der Waals surface area contributed by atoms with Gasteiger partial charge < -0.3 is 19.4 Å². The number of thiazole rings is 1. The number of pyridine rings is 5. The Morgan fingerprint density at radius 1 is 0.338 bits per heavy atom. The summed E-state index contributed by atoms with van der Waals surface area (Å²) in [5.74, 6) is 0.800. The maximum Gasteiger partial charge on any atom is 0.251 e. The lowest BCUT2D eigenvalue weighted by atomic mass is 9.86. The second-order valence-corrected chi connectivity index (χ2v) is 48.7. The van der Waals surface area contributed by atoms with Crippen LogP contribution in [0.15, 0.2) is 319 Å². The SMILES string of the molecule is CC(C)(C)C1=Nc2ccccc2C1.CC(C)(C)c1c[nH]c2ccccc12.CC(C)(C)c1c[nH]c2cccnc12.CC(C)(C)c1ccc2ccccc2c1.CC(C)(C)c1ccc[nH]c1=O.CC(C)(C)c1ccccc1.CC(C)(C)c1ccccn1.CC(C)(C)c1cccnc1.CC(C)(C)c1ccn[nH]1.CC(C)(C)c1ccncc1.CC(C)(C)c1nc2ccccc2o1.CC(C)(C)c1nc2ccccc2s1. The molecule has 738 valence electrons. The van der Waals surface area contributed by atoms with Gasteiger partial charge in [0.05, 0.1) is 31.9 Å². The Kier molecular flexibility index (Phi) is 40.1. The van der Waals surface area contributed by atoms with Gasteiger partial charge in [0.1, 0.15) is 5.52 Å². The Morgan fingerprint density at radius 3 is 1.35 bits per heavy atom. The molecule has 14 nitrogen and oxygen atoms in total. The summed E-state index contributed by atoms with van der Waals surface area (Å²) in [5.41, 5.74) is 23.6. The molecule has 0 unspecified atom stereocenters. The summed E-state index contributed by atoms with van der Waals surface area (Å²) >= 11 is 1.79. The molecule has 1 aliphatic rings. The molecule has 0 amide bonds. The van der Waals surface area contributed by atoms with Gasteiger partial charge in [0.25, 0.3) is 5.56 Å². The molecular weight excluding hydrogens is 1720 g/mol. The number of aromatic amines is 4. The van der Waals surface area contributed by atoms with Crippen LogP contribution in [-0.4, -0.2) is 60.8 Å². The predicted octanol–water partition coefficient (Wildman–Crippen LogP) is 34.0. The molecule has 0 saturated carbocycles. The van der Waals surface area contributed by atoms with E-state index in [0.717, 1.165) is 56.9 Å². The highest BCUT2D eigenvalue weighted by atomic mass is 32.1. The number of nitrogens with one attached hydrogen (secondary N) is 4. The standard InChI is InChI=1S/C14H16.2C12H15N.C11H14N2.C11H13NO.C11H13NS.C10H14.C9H13NO.3C9H13N.C7H12N2/c1-14(2,3)13-9-8-11-6-4-5-7-12(11)10-13;1-12(2,3)10-8-13-11-7-5-4-6-9(10)11;1-12(2,3)11-8-9-6-4-5-7-10(9)13-11;1-11(2,3)8-7-13-9-5-4-6-12-10(8)9;2*1-11(2,3)10-12-8-6-4-5-7-9(8)13-10;1-10(2,3)9-7-5-4-6-8-9;1-9(2,3)7-5-4-6-10-8(7)11;1-9(2,3)8-4-6-10-7-5-8;1-9(2,3)8-5-4-6-10-7-8;1-9(2,3)8-6-4-5-7-10-8;1-7(2,3)6-4-5-8-9-6/h4-10H,1-3H3;4-8,13H,1-3H3;4-7H,8H2,1-3H3;4-7,13H,1-3H3;2*4-7H,1-3H3;4-8H,1-3H3;4-6H,1-3H3,(H,10,11);3*4-7H,1-3H3;4-5H,1-3H3,(H,8,9). The summed E-state index contributed by atoms with van der Waals surface area (Å²) in [6.45, 7) is 78.4. The third-order valence-electron chi connectivity index (χ3n) is 22.7. The van der Waals surface area contributed by atoms with Crippen molar-refractivity contribution in [3.05, 3.63) is 382 Å². The zero-order valence-corrected chi connectivity index (χ0v) is 91.7. The number of para-hydroxylation sites is 5. The van der Waals surface area contributed by atoms with Crippen molar-refractivity contribution in [3.8, 4) is 0 Å². The molecule has 0 aliphatic carbocycles. The van der Waals surface area contributed by atoms with Crippen LogP contribution in [0.1, 0.15) is 316 Å². The van der Waals surface area contributed by atoms with Gasteiger partial charge in [0.2, 0.25) is 5.89 Å². The van der Waals surface area contributed by atoms with Crippen LogP contribution in [0.25, 0.3) is 54.0 Å². The zero-order valence-electron chi connectivity index (χ0n) is 90.9. The second-order valence-electron chi connectivity index (χ2n) is 47.7. The zero-order chi connectivity index (χ0) is 103. The molecule has 1 aliphatic heterocycles. The van der Waals surface area contributed by atoms with Crippen LogP contribution < -0.4 is 5.56 Å². The molecule has 18 rings (SSSR count). The van der Waals surface area contributed by atoms with Gasteiger partial charge in [-0.05, 0) is 173 Å². The summed E-state index contributed by atoms with van der Waals surface area (Å²) < 4.78 is 6.91. The Morgan fingerprint density at radius 2 is 0.863 bits per heavy atom. The molecule has 139 heavy (non-hydrogen) atoms. The van der Waals surface area contributed by atoms with E-state index >= 15 is 0 Å². The number of H-pyrrole nitrogens is 4. The molecule has 0 saturated heterocycles. The highest BCUT2D eigenvalue weighted by Crippen LogP contribution is 2.37. The Hall–Kier alpha value is -12.3. The van der Waals surface area contributed by atoms with Crippen molar-refractivity contribution in [2.45, 2.75) is 315 Å². The first-order chi connectivity index (χ1) is 64.5. The lowest BCUT2D eigenvalue weighted by molar-refractivity contribution is 0.411. The third kappa shape index (κ3) is 37.4. The molecule has 7 aromatic carbocycles. The van der Waals surface area contributed by atoms with Crippen LogP contribution in [0.2, 0.25) is 0 Å². The summed E-state index contributed by atoms with van der Waals surface area (Å²) in [6, 6.07) is 82.6. The predicted molar refractivity (Wildman–Crippen MR) is 599 cm³/mol. The lowest BCUT2D eigenvalue weighted by Gasteiger charge is -2.19. The molecule has 11 heterocycles. The number of hydrogen-bond acceptors (Lipinski definition) is 11. The molecule has 0 bridgehead atoms. The molecule has 4 N–H and O–H groups in total. The van der Waals surface area contributed by atoms with Crippen LogP contribution in [-0.2, 0) is 66.0 Å². The van der Waals surface area contributed by atoms with Gasteiger partial charge in [-0.15, -0.1) is 11.3 Å². The van der Waals surface area contributed by atoms with E-state index in [1.54, 1.807) is 29.9 Å². The topological polar surface area (TPSA) is 196 Å². The molecule has 0 fully saturated rings. The van der Waals surface area contributed by atoms with Gasteiger partial charge in [-0.25, -0.2) is 9.97 Å². The minimum absolute atomic E-state index is 0.0139. The number of fused-ring (bicyclic) bond motifs is 6.